The van der Waals surface area contributed by atoms with Crippen molar-refractivity contribution in [2.45, 2.75) is 6.04 Å². The average Bonchev–Trinajstić information content (AvgIpc) is 1.99. The van der Waals surface area contributed by atoms with Crippen molar-refractivity contribution in [2.75, 3.05) is 33.9 Å². The van der Waals surface area contributed by atoms with Crippen molar-refractivity contribution in [3.63, 3.8) is 0 Å². The number of aliphatic hydroxyl groups excluding tert-OH is 1. The van der Waals surface area contributed by atoms with E-state index in [4.69, 9.17) is 14.9 Å². The van der Waals surface area contributed by atoms with Gasteiger partial charge in [0.15, 0.2) is 0 Å². The predicted octanol–water partition coefficient (Wildman–Crippen LogP) is -0.990. The summed E-state index contributed by atoms with van der Waals surface area (Å²) in [5, 5.41) is 17.3. The van der Waals surface area contributed by atoms with Gasteiger partial charge < -0.3 is 14.9 Å². The number of carboxylic acid groups (broad SMARTS) is 1. The van der Waals surface area contributed by atoms with Gasteiger partial charge in [0.2, 0.25) is 0 Å². The number of likely N-dealkylation sites (N-methyl/N-ethyl adjacent to an activating group) is 1. The summed E-state index contributed by atoms with van der Waals surface area (Å²) in [6.07, 6.45) is 0. The lowest BCUT2D eigenvalue weighted by Crippen LogP contribution is -2.43. The Kier molecular flexibility index (Phi) is 5.61. The minimum Gasteiger partial charge on any atom is -0.480 e. The van der Waals surface area contributed by atoms with Crippen molar-refractivity contribution in [1.29, 1.82) is 0 Å². The van der Waals surface area contributed by atoms with E-state index in [0.29, 0.717) is 6.54 Å². The first-order chi connectivity index (χ1) is 5.63. The van der Waals surface area contributed by atoms with E-state index in [1.165, 1.54) is 12.0 Å². The Hall–Kier alpha value is -0.650. The summed E-state index contributed by atoms with van der Waals surface area (Å²) in [6, 6.07) is -0.679. The summed E-state index contributed by atoms with van der Waals surface area (Å²) >= 11 is 0. The summed E-state index contributed by atoms with van der Waals surface area (Å²) in [5.41, 5.74) is 0. The summed E-state index contributed by atoms with van der Waals surface area (Å²) in [6.45, 7) is 0.413. The van der Waals surface area contributed by atoms with Crippen molar-refractivity contribution in [2.24, 2.45) is 0 Å². The van der Waals surface area contributed by atoms with Crippen molar-refractivity contribution < 1.29 is 19.7 Å². The van der Waals surface area contributed by atoms with Crippen molar-refractivity contribution in [1.82, 2.24) is 4.90 Å². The molecule has 0 aromatic carbocycles. The average molecular weight is 177 g/mol. The summed E-state index contributed by atoms with van der Waals surface area (Å²) in [4.78, 5) is 12.1. The van der Waals surface area contributed by atoms with Crippen molar-refractivity contribution in [3.05, 3.63) is 0 Å². The fourth-order valence-corrected chi connectivity index (χ4v) is 0.859. The second-order valence-corrected chi connectivity index (χ2v) is 2.51. The van der Waals surface area contributed by atoms with Gasteiger partial charge in [0.25, 0.3) is 0 Å². The lowest BCUT2D eigenvalue weighted by molar-refractivity contribution is -0.144. The van der Waals surface area contributed by atoms with Gasteiger partial charge in [-0.3, -0.25) is 9.69 Å². The Morgan fingerprint density at radius 1 is 1.67 bits per heavy atom. The highest BCUT2D eigenvalue weighted by atomic mass is 16.5. The molecule has 1 unspecified atom stereocenters. The predicted molar refractivity (Wildman–Crippen MR) is 43.0 cm³/mol. The SMILES string of the molecule is COCC(C(=O)O)N(C)CCO. The minimum atomic E-state index is -0.937. The zero-order chi connectivity index (χ0) is 9.56. The highest BCUT2D eigenvalue weighted by Gasteiger charge is 2.21. The third-order valence-electron chi connectivity index (χ3n) is 1.59. The Balaban J connectivity index is 3.99. The normalized spacial score (nSPS) is 13.3. The molecule has 0 amide bonds. The number of carboxylic acids is 1. The van der Waals surface area contributed by atoms with E-state index in [1.54, 1.807) is 7.05 Å². The quantitative estimate of drug-likeness (QED) is 0.545. The van der Waals surface area contributed by atoms with E-state index in [2.05, 4.69) is 0 Å². The van der Waals surface area contributed by atoms with E-state index < -0.39 is 12.0 Å². The van der Waals surface area contributed by atoms with E-state index in [9.17, 15) is 4.79 Å². The highest BCUT2D eigenvalue weighted by molar-refractivity contribution is 5.73. The standard InChI is InChI=1S/C7H15NO4/c1-8(3-4-9)6(5-12-2)7(10)11/h6,9H,3-5H2,1-2H3,(H,10,11). The van der Waals surface area contributed by atoms with Crippen LogP contribution in [0.1, 0.15) is 0 Å². The largest absolute Gasteiger partial charge is 0.480 e. The molecule has 0 spiro atoms. The number of rotatable bonds is 6. The maximum absolute atomic E-state index is 10.6. The maximum Gasteiger partial charge on any atom is 0.323 e. The lowest BCUT2D eigenvalue weighted by Gasteiger charge is -2.22. The molecule has 0 rings (SSSR count). The summed E-state index contributed by atoms with van der Waals surface area (Å²) < 4.78 is 4.73. The molecule has 0 radical (unpaired) electrons. The third kappa shape index (κ3) is 3.66. The molecule has 0 aromatic heterocycles. The maximum atomic E-state index is 10.6. The van der Waals surface area contributed by atoms with E-state index in [0.717, 1.165) is 0 Å². The first kappa shape index (κ1) is 11.4. The van der Waals surface area contributed by atoms with Gasteiger partial charge >= 0.3 is 5.97 Å². The molecule has 72 valence electrons. The molecule has 0 bridgehead atoms. The minimum absolute atomic E-state index is 0.0516. The van der Waals surface area contributed by atoms with Gasteiger partial charge in [-0.25, -0.2) is 0 Å². The Morgan fingerprint density at radius 2 is 2.25 bits per heavy atom. The van der Waals surface area contributed by atoms with E-state index in [-0.39, 0.29) is 13.2 Å². The van der Waals surface area contributed by atoms with Crippen LogP contribution in [-0.2, 0) is 9.53 Å². The monoisotopic (exact) mass is 177 g/mol. The fraction of sp³-hybridized carbons (Fsp3) is 0.857. The van der Waals surface area contributed by atoms with Crippen LogP contribution in [0.2, 0.25) is 0 Å². The number of ether oxygens (including phenoxy) is 1. The van der Waals surface area contributed by atoms with Crippen LogP contribution in [0.25, 0.3) is 0 Å². The molecule has 0 aliphatic heterocycles. The molecule has 12 heavy (non-hydrogen) atoms. The molecule has 0 aliphatic carbocycles. The van der Waals surface area contributed by atoms with Crippen LogP contribution in [0.4, 0.5) is 0 Å². The van der Waals surface area contributed by atoms with Gasteiger partial charge in [-0.1, -0.05) is 0 Å². The van der Waals surface area contributed by atoms with Crippen molar-refractivity contribution in [3.8, 4) is 0 Å². The second-order valence-electron chi connectivity index (χ2n) is 2.51. The summed E-state index contributed by atoms with van der Waals surface area (Å²) in [7, 11) is 3.08. The molecule has 1 atom stereocenters. The van der Waals surface area contributed by atoms with E-state index in [1.807, 2.05) is 0 Å². The number of hydrogen-bond acceptors (Lipinski definition) is 4. The molecule has 2 N–H and O–H groups in total. The molecule has 0 heterocycles. The Bertz CT molecular complexity index is 139. The van der Waals surface area contributed by atoms with Gasteiger partial charge in [0.1, 0.15) is 6.04 Å². The first-order valence-corrected chi connectivity index (χ1v) is 3.66. The number of methoxy groups -OCH3 is 1. The van der Waals surface area contributed by atoms with Gasteiger partial charge in [0, 0.05) is 13.7 Å². The van der Waals surface area contributed by atoms with Crippen LogP contribution in [-0.4, -0.2) is 61.0 Å². The van der Waals surface area contributed by atoms with Crippen LogP contribution in [0.15, 0.2) is 0 Å². The zero-order valence-electron chi connectivity index (χ0n) is 7.36. The van der Waals surface area contributed by atoms with Gasteiger partial charge in [-0.2, -0.15) is 0 Å². The highest BCUT2D eigenvalue weighted by Crippen LogP contribution is 1.96. The van der Waals surface area contributed by atoms with Crippen LogP contribution >= 0.6 is 0 Å². The lowest BCUT2D eigenvalue weighted by atomic mass is 10.3. The third-order valence-corrected chi connectivity index (χ3v) is 1.59. The smallest absolute Gasteiger partial charge is 0.323 e. The molecular formula is C7H15NO4. The summed E-state index contributed by atoms with van der Waals surface area (Å²) in [5.74, 6) is -0.937. The topological polar surface area (TPSA) is 70.0 Å². The Labute approximate surface area is 71.6 Å². The van der Waals surface area contributed by atoms with Crippen molar-refractivity contribution >= 4 is 5.97 Å². The molecular weight excluding hydrogens is 162 g/mol. The number of hydrogen-bond donors (Lipinski definition) is 2. The molecule has 0 aliphatic rings. The molecule has 0 saturated carbocycles. The number of nitrogens with zero attached hydrogens (tertiary/aromatic N) is 1. The Morgan fingerprint density at radius 3 is 2.58 bits per heavy atom. The molecule has 5 heteroatoms. The number of carbonyl (C=O) groups is 1. The van der Waals surface area contributed by atoms with Crippen LogP contribution < -0.4 is 0 Å². The second kappa shape index (κ2) is 5.93. The molecule has 0 fully saturated rings. The first-order valence-electron chi connectivity index (χ1n) is 3.66. The molecule has 0 saturated heterocycles. The molecule has 5 nitrogen and oxygen atoms in total. The van der Waals surface area contributed by atoms with E-state index >= 15 is 0 Å². The molecule has 0 aromatic rings. The van der Waals surface area contributed by atoms with Crippen LogP contribution in [0.5, 0.6) is 0 Å². The number of aliphatic hydroxyl groups is 1. The zero-order valence-corrected chi connectivity index (χ0v) is 7.36. The van der Waals surface area contributed by atoms with Gasteiger partial charge in [-0.05, 0) is 7.05 Å². The van der Waals surface area contributed by atoms with Gasteiger partial charge in [0.05, 0.1) is 13.2 Å². The van der Waals surface area contributed by atoms with Gasteiger partial charge in [-0.15, -0.1) is 0 Å². The van der Waals surface area contributed by atoms with Crippen LogP contribution in [0.3, 0.4) is 0 Å². The van der Waals surface area contributed by atoms with Crippen LogP contribution in [0, 0.1) is 0 Å². The fourth-order valence-electron chi connectivity index (χ4n) is 0.859. The number of aliphatic carboxylic acids is 1.